The number of fused-ring (bicyclic) bond motifs is 1. The number of ether oxygens (including phenoxy) is 1. The number of likely N-dealkylation sites (tertiary alicyclic amines) is 2. The van der Waals surface area contributed by atoms with Crippen molar-refractivity contribution in [2.45, 2.75) is 19.3 Å². The summed E-state index contributed by atoms with van der Waals surface area (Å²) in [7, 11) is 3.75. The van der Waals surface area contributed by atoms with Crippen LogP contribution in [0.15, 0.2) is 48.8 Å². The lowest BCUT2D eigenvalue weighted by atomic mass is 9.78. The summed E-state index contributed by atoms with van der Waals surface area (Å²) in [6.07, 6.45) is 8.63. The van der Waals surface area contributed by atoms with Crippen molar-refractivity contribution in [3.63, 3.8) is 0 Å². The quantitative estimate of drug-likeness (QED) is 0.406. The average Bonchev–Trinajstić information content (AvgIpc) is 3.27. The lowest BCUT2D eigenvalue weighted by Crippen LogP contribution is -2.41. The zero-order valence-corrected chi connectivity index (χ0v) is 22.4. The van der Waals surface area contributed by atoms with Gasteiger partial charge in [0, 0.05) is 36.3 Å². The standard InChI is InChI=1S/C28H32ClFN6O2/c1-35-11-7-28(17-35)8-12-36(13-9-28)10-3-4-26(37)34-24-15-20-23(16-25(24)38-2)31-18-32-27(20)33-19-5-6-22(30)21(29)14-19/h3-6,14-16,18H,7-13,17H2,1-2H3,(H,34,37)(H,31,32,33)/b4-3+. The van der Waals surface area contributed by atoms with Gasteiger partial charge >= 0.3 is 0 Å². The first-order chi connectivity index (χ1) is 18.3. The van der Waals surface area contributed by atoms with E-state index in [2.05, 4.69) is 37.4 Å². The van der Waals surface area contributed by atoms with E-state index >= 15 is 0 Å². The number of carbonyl (C=O) groups excluding carboxylic acids is 1. The molecule has 0 saturated carbocycles. The Kier molecular flexibility index (Phi) is 7.78. The van der Waals surface area contributed by atoms with Gasteiger partial charge in [-0.3, -0.25) is 9.69 Å². The van der Waals surface area contributed by atoms with Gasteiger partial charge in [-0.15, -0.1) is 0 Å². The zero-order chi connectivity index (χ0) is 26.7. The van der Waals surface area contributed by atoms with E-state index in [1.165, 1.54) is 50.8 Å². The van der Waals surface area contributed by atoms with Gasteiger partial charge in [0.1, 0.15) is 23.7 Å². The van der Waals surface area contributed by atoms with Crippen LogP contribution in [0.4, 0.5) is 21.6 Å². The van der Waals surface area contributed by atoms with E-state index in [4.69, 9.17) is 16.3 Å². The molecule has 0 unspecified atom stereocenters. The molecular formula is C28H32ClFN6O2. The summed E-state index contributed by atoms with van der Waals surface area (Å²) in [6, 6.07) is 7.83. The fourth-order valence-corrected chi connectivity index (χ4v) is 5.60. The Labute approximate surface area is 226 Å². The number of anilines is 3. The molecule has 38 heavy (non-hydrogen) atoms. The van der Waals surface area contributed by atoms with Crippen LogP contribution in [0.2, 0.25) is 5.02 Å². The molecular weight excluding hydrogens is 507 g/mol. The molecule has 2 aliphatic rings. The molecule has 1 aromatic heterocycles. The van der Waals surface area contributed by atoms with Crippen LogP contribution in [-0.4, -0.2) is 72.6 Å². The summed E-state index contributed by atoms with van der Waals surface area (Å²) in [5.41, 5.74) is 2.18. The van der Waals surface area contributed by atoms with E-state index < -0.39 is 5.82 Å². The topological polar surface area (TPSA) is 82.6 Å². The second-order valence-electron chi connectivity index (χ2n) is 10.2. The molecule has 2 aliphatic heterocycles. The number of halogens is 2. The van der Waals surface area contributed by atoms with Gasteiger partial charge in [-0.05, 0) is 75.6 Å². The number of amides is 1. The van der Waals surface area contributed by atoms with E-state index in [1.807, 2.05) is 6.08 Å². The number of carbonyl (C=O) groups is 1. The van der Waals surface area contributed by atoms with Crippen LogP contribution < -0.4 is 15.4 Å². The Morgan fingerprint density at radius 1 is 1.18 bits per heavy atom. The van der Waals surface area contributed by atoms with Crippen molar-refractivity contribution in [2.75, 3.05) is 57.5 Å². The number of nitrogens with one attached hydrogen (secondary N) is 2. The van der Waals surface area contributed by atoms with Crippen molar-refractivity contribution in [1.29, 1.82) is 0 Å². The molecule has 2 saturated heterocycles. The second kappa shape index (κ2) is 11.2. The summed E-state index contributed by atoms with van der Waals surface area (Å²) >= 11 is 5.92. The third-order valence-electron chi connectivity index (χ3n) is 7.58. The monoisotopic (exact) mass is 538 g/mol. The van der Waals surface area contributed by atoms with Crippen molar-refractivity contribution >= 4 is 45.6 Å². The number of aromatic nitrogens is 2. The number of methoxy groups -OCH3 is 1. The molecule has 0 bridgehead atoms. The fraction of sp³-hybridized carbons (Fsp3) is 0.393. The van der Waals surface area contributed by atoms with Gasteiger partial charge in [0.2, 0.25) is 5.91 Å². The number of benzene rings is 2. The molecule has 0 atom stereocenters. The minimum Gasteiger partial charge on any atom is -0.494 e. The molecule has 2 aromatic carbocycles. The Bertz CT molecular complexity index is 1360. The van der Waals surface area contributed by atoms with E-state index in [1.54, 1.807) is 31.4 Å². The van der Waals surface area contributed by atoms with Crippen molar-refractivity contribution in [2.24, 2.45) is 5.41 Å². The maximum Gasteiger partial charge on any atom is 0.248 e. The fourth-order valence-electron chi connectivity index (χ4n) is 5.42. The maximum absolute atomic E-state index is 13.6. The third-order valence-corrected chi connectivity index (χ3v) is 7.87. The highest BCUT2D eigenvalue weighted by Gasteiger charge is 2.38. The molecule has 5 rings (SSSR count). The first-order valence-electron chi connectivity index (χ1n) is 12.8. The van der Waals surface area contributed by atoms with Crippen LogP contribution >= 0.6 is 11.6 Å². The van der Waals surface area contributed by atoms with Gasteiger partial charge in [-0.25, -0.2) is 14.4 Å². The molecule has 2 fully saturated rings. The molecule has 2 N–H and O–H groups in total. The minimum atomic E-state index is -0.501. The first-order valence-corrected chi connectivity index (χ1v) is 13.2. The van der Waals surface area contributed by atoms with Gasteiger partial charge < -0.3 is 20.3 Å². The Morgan fingerprint density at radius 2 is 1.97 bits per heavy atom. The molecule has 1 spiro atoms. The molecule has 10 heteroatoms. The Morgan fingerprint density at radius 3 is 2.68 bits per heavy atom. The van der Waals surface area contributed by atoms with Gasteiger partial charge in [-0.2, -0.15) is 0 Å². The summed E-state index contributed by atoms with van der Waals surface area (Å²) in [4.78, 5) is 26.3. The smallest absolute Gasteiger partial charge is 0.248 e. The first kappa shape index (κ1) is 26.3. The molecule has 3 heterocycles. The molecule has 8 nitrogen and oxygen atoms in total. The van der Waals surface area contributed by atoms with Crippen LogP contribution in [0.3, 0.4) is 0 Å². The van der Waals surface area contributed by atoms with Crippen LogP contribution in [-0.2, 0) is 4.79 Å². The van der Waals surface area contributed by atoms with E-state index in [0.29, 0.717) is 39.3 Å². The third kappa shape index (κ3) is 5.90. The Balaban J connectivity index is 1.25. The number of piperidine rings is 1. The summed E-state index contributed by atoms with van der Waals surface area (Å²) in [5.74, 6) is 0.225. The lowest BCUT2D eigenvalue weighted by molar-refractivity contribution is -0.111. The normalized spacial score (nSPS) is 17.9. The van der Waals surface area contributed by atoms with Gasteiger partial charge in [0.15, 0.2) is 0 Å². The highest BCUT2D eigenvalue weighted by molar-refractivity contribution is 6.31. The van der Waals surface area contributed by atoms with Crippen molar-refractivity contribution < 1.29 is 13.9 Å². The molecule has 200 valence electrons. The van der Waals surface area contributed by atoms with Crippen LogP contribution in [0.1, 0.15) is 19.3 Å². The number of rotatable bonds is 7. The number of nitrogens with zero attached hydrogens (tertiary/aromatic N) is 4. The number of hydrogen-bond donors (Lipinski definition) is 2. The summed E-state index contributed by atoms with van der Waals surface area (Å²) in [6.45, 7) is 5.27. The molecule has 0 radical (unpaired) electrons. The minimum absolute atomic E-state index is 0.00460. The zero-order valence-electron chi connectivity index (χ0n) is 21.6. The van der Waals surface area contributed by atoms with Crippen LogP contribution in [0.5, 0.6) is 5.75 Å². The number of hydrogen-bond acceptors (Lipinski definition) is 7. The largest absolute Gasteiger partial charge is 0.494 e. The van der Waals surface area contributed by atoms with E-state index in [-0.39, 0.29) is 10.9 Å². The van der Waals surface area contributed by atoms with Gasteiger partial charge in [0.25, 0.3) is 0 Å². The molecule has 1 amide bonds. The maximum atomic E-state index is 13.6. The van der Waals surface area contributed by atoms with Gasteiger partial charge in [-0.1, -0.05) is 17.7 Å². The summed E-state index contributed by atoms with van der Waals surface area (Å²) < 4.78 is 19.1. The SMILES string of the molecule is COc1cc2ncnc(Nc3ccc(F)c(Cl)c3)c2cc1NC(=O)/C=C/CN1CCC2(CCN(C)C2)CC1. The van der Waals surface area contributed by atoms with E-state index in [0.717, 1.165) is 19.6 Å². The molecule has 3 aromatic rings. The average molecular weight is 539 g/mol. The van der Waals surface area contributed by atoms with E-state index in [9.17, 15) is 9.18 Å². The predicted molar refractivity (Wildman–Crippen MR) is 149 cm³/mol. The lowest BCUT2D eigenvalue weighted by Gasteiger charge is -2.38. The van der Waals surface area contributed by atoms with Gasteiger partial charge in [0.05, 0.1) is 23.3 Å². The predicted octanol–water partition coefficient (Wildman–Crippen LogP) is 5.09. The summed E-state index contributed by atoms with van der Waals surface area (Å²) in [5, 5.41) is 6.73. The van der Waals surface area contributed by atoms with Crippen LogP contribution in [0.25, 0.3) is 10.9 Å². The molecule has 0 aliphatic carbocycles. The van der Waals surface area contributed by atoms with Crippen molar-refractivity contribution in [1.82, 2.24) is 19.8 Å². The Hall–Kier alpha value is -3.27. The second-order valence-corrected chi connectivity index (χ2v) is 10.6. The van der Waals surface area contributed by atoms with Crippen molar-refractivity contribution in [3.05, 3.63) is 59.7 Å². The highest BCUT2D eigenvalue weighted by Crippen LogP contribution is 2.39. The highest BCUT2D eigenvalue weighted by atomic mass is 35.5. The van der Waals surface area contributed by atoms with Crippen LogP contribution in [0, 0.1) is 11.2 Å². The van der Waals surface area contributed by atoms with Crippen molar-refractivity contribution in [3.8, 4) is 5.75 Å².